The van der Waals surface area contributed by atoms with Crippen LogP contribution in [0.5, 0.6) is 0 Å². The molecule has 0 bridgehead atoms. The first-order valence-corrected chi connectivity index (χ1v) is 8.11. The Balaban J connectivity index is 1.95. The fourth-order valence-electron chi connectivity index (χ4n) is 2.51. The SMILES string of the molecule is NCCCN(Cc1ccccc1)C1CCCSC1. The van der Waals surface area contributed by atoms with Gasteiger partial charge in [0.25, 0.3) is 0 Å². The Bertz CT molecular complexity index is 323. The van der Waals surface area contributed by atoms with Crippen LogP contribution in [-0.4, -0.2) is 35.5 Å². The van der Waals surface area contributed by atoms with Crippen molar-refractivity contribution in [2.75, 3.05) is 24.6 Å². The molecular weight excluding hydrogens is 240 g/mol. The average molecular weight is 264 g/mol. The Morgan fingerprint density at radius 1 is 1.28 bits per heavy atom. The van der Waals surface area contributed by atoms with E-state index in [0.29, 0.717) is 0 Å². The minimum atomic E-state index is 0.746. The maximum atomic E-state index is 5.67. The molecule has 2 rings (SSSR count). The van der Waals surface area contributed by atoms with Gasteiger partial charge in [0.1, 0.15) is 0 Å². The van der Waals surface area contributed by atoms with Crippen LogP contribution in [0.15, 0.2) is 30.3 Å². The van der Waals surface area contributed by atoms with Gasteiger partial charge in [-0.2, -0.15) is 11.8 Å². The van der Waals surface area contributed by atoms with Gasteiger partial charge in [0.05, 0.1) is 0 Å². The van der Waals surface area contributed by atoms with Gasteiger partial charge in [-0.05, 0) is 37.1 Å². The Hall–Kier alpha value is -0.510. The molecular formula is C15H24N2S. The topological polar surface area (TPSA) is 29.3 Å². The molecule has 1 aliphatic rings. The summed E-state index contributed by atoms with van der Waals surface area (Å²) < 4.78 is 0. The molecule has 1 atom stereocenters. The van der Waals surface area contributed by atoms with Gasteiger partial charge in [-0.15, -0.1) is 0 Å². The van der Waals surface area contributed by atoms with Crippen LogP contribution >= 0.6 is 11.8 Å². The van der Waals surface area contributed by atoms with E-state index >= 15 is 0 Å². The summed E-state index contributed by atoms with van der Waals surface area (Å²) in [5.41, 5.74) is 7.09. The number of rotatable bonds is 6. The molecule has 1 fully saturated rings. The smallest absolute Gasteiger partial charge is 0.0237 e. The van der Waals surface area contributed by atoms with Crippen molar-refractivity contribution in [3.8, 4) is 0 Å². The van der Waals surface area contributed by atoms with E-state index in [0.717, 1.165) is 32.1 Å². The van der Waals surface area contributed by atoms with Crippen LogP contribution in [0, 0.1) is 0 Å². The van der Waals surface area contributed by atoms with Crippen molar-refractivity contribution >= 4 is 11.8 Å². The van der Waals surface area contributed by atoms with Gasteiger partial charge < -0.3 is 5.73 Å². The lowest BCUT2D eigenvalue weighted by molar-refractivity contribution is 0.190. The minimum absolute atomic E-state index is 0.746. The van der Waals surface area contributed by atoms with Crippen LogP contribution in [0.3, 0.4) is 0 Å². The van der Waals surface area contributed by atoms with Crippen molar-refractivity contribution in [2.24, 2.45) is 5.73 Å². The van der Waals surface area contributed by atoms with E-state index < -0.39 is 0 Å². The lowest BCUT2D eigenvalue weighted by Crippen LogP contribution is -2.39. The first kappa shape index (κ1) is 13.9. The molecule has 0 spiro atoms. The molecule has 1 saturated heterocycles. The number of benzene rings is 1. The number of hydrogen-bond donors (Lipinski definition) is 1. The highest BCUT2D eigenvalue weighted by Crippen LogP contribution is 2.23. The Kier molecular flexibility index (Phi) is 6.05. The van der Waals surface area contributed by atoms with Gasteiger partial charge in [0, 0.05) is 24.9 Å². The maximum absolute atomic E-state index is 5.67. The van der Waals surface area contributed by atoms with Crippen molar-refractivity contribution in [1.29, 1.82) is 0 Å². The molecule has 1 aromatic rings. The first-order valence-electron chi connectivity index (χ1n) is 6.96. The zero-order valence-corrected chi connectivity index (χ0v) is 11.9. The summed E-state index contributed by atoms with van der Waals surface area (Å²) in [5, 5.41) is 0. The van der Waals surface area contributed by atoms with Gasteiger partial charge in [-0.1, -0.05) is 30.3 Å². The molecule has 0 aromatic heterocycles. The monoisotopic (exact) mass is 264 g/mol. The largest absolute Gasteiger partial charge is 0.330 e. The minimum Gasteiger partial charge on any atom is -0.330 e. The van der Waals surface area contributed by atoms with Crippen molar-refractivity contribution in [3.05, 3.63) is 35.9 Å². The summed E-state index contributed by atoms with van der Waals surface area (Å²) in [6.45, 7) is 3.01. The normalized spacial score (nSPS) is 20.2. The van der Waals surface area contributed by atoms with Crippen LogP contribution in [-0.2, 0) is 6.54 Å². The zero-order chi connectivity index (χ0) is 12.6. The maximum Gasteiger partial charge on any atom is 0.0237 e. The molecule has 3 heteroatoms. The fraction of sp³-hybridized carbons (Fsp3) is 0.600. The van der Waals surface area contributed by atoms with Crippen molar-refractivity contribution in [3.63, 3.8) is 0 Å². The van der Waals surface area contributed by atoms with Crippen LogP contribution in [0.25, 0.3) is 0 Å². The van der Waals surface area contributed by atoms with E-state index in [-0.39, 0.29) is 0 Å². The summed E-state index contributed by atoms with van der Waals surface area (Å²) in [6.07, 6.45) is 3.82. The molecule has 2 N–H and O–H groups in total. The highest BCUT2D eigenvalue weighted by Gasteiger charge is 2.20. The standard InChI is InChI=1S/C15H24N2S/c16-9-5-10-17(15-8-4-11-18-13-15)12-14-6-2-1-3-7-14/h1-3,6-7,15H,4-5,8-13,16H2. The third-order valence-electron chi connectivity index (χ3n) is 3.53. The molecule has 2 nitrogen and oxygen atoms in total. The molecule has 0 saturated carbocycles. The van der Waals surface area contributed by atoms with E-state index in [4.69, 9.17) is 5.73 Å². The van der Waals surface area contributed by atoms with E-state index in [9.17, 15) is 0 Å². The molecule has 1 aromatic carbocycles. The van der Waals surface area contributed by atoms with Gasteiger partial charge in [-0.3, -0.25) is 4.90 Å². The summed E-state index contributed by atoms with van der Waals surface area (Å²) >= 11 is 2.10. The molecule has 18 heavy (non-hydrogen) atoms. The third-order valence-corrected chi connectivity index (χ3v) is 4.73. The molecule has 1 aliphatic heterocycles. The highest BCUT2D eigenvalue weighted by atomic mass is 32.2. The van der Waals surface area contributed by atoms with Gasteiger partial charge in [-0.25, -0.2) is 0 Å². The summed E-state index contributed by atoms with van der Waals surface area (Å²) in [5.74, 6) is 2.63. The Labute approximate surface area is 115 Å². The molecule has 1 unspecified atom stereocenters. The van der Waals surface area contributed by atoms with Crippen LogP contribution in [0.1, 0.15) is 24.8 Å². The number of hydrogen-bond acceptors (Lipinski definition) is 3. The lowest BCUT2D eigenvalue weighted by Gasteiger charge is -2.34. The zero-order valence-electron chi connectivity index (χ0n) is 11.1. The van der Waals surface area contributed by atoms with Gasteiger partial charge in [0.15, 0.2) is 0 Å². The van der Waals surface area contributed by atoms with Crippen LogP contribution in [0.4, 0.5) is 0 Å². The van der Waals surface area contributed by atoms with Crippen molar-refractivity contribution < 1.29 is 0 Å². The molecule has 0 radical (unpaired) electrons. The molecule has 0 amide bonds. The van der Waals surface area contributed by atoms with E-state index in [1.165, 1.54) is 29.9 Å². The molecule has 100 valence electrons. The predicted octanol–water partition coefficient (Wildman–Crippen LogP) is 2.73. The Morgan fingerprint density at radius 3 is 2.78 bits per heavy atom. The third kappa shape index (κ3) is 4.30. The highest BCUT2D eigenvalue weighted by molar-refractivity contribution is 7.99. The van der Waals surface area contributed by atoms with E-state index in [2.05, 4.69) is 47.0 Å². The van der Waals surface area contributed by atoms with Gasteiger partial charge in [0.2, 0.25) is 0 Å². The van der Waals surface area contributed by atoms with Crippen molar-refractivity contribution in [2.45, 2.75) is 31.8 Å². The first-order chi connectivity index (χ1) is 8.90. The number of nitrogens with zero attached hydrogens (tertiary/aromatic N) is 1. The summed E-state index contributed by atoms with van der Waals surface area (Å²) in [7, 11) is 0. The van der Waals surface area contributed by atoms with E-state index in [1.54, 1.807) is 0 Å². The number of nitrogens with two attached hydrogens (primary N) is 1. The predicted molar refractivity (Wildman–Crippen MR) is 80.9 cm³/mol. The average Bonchev–Trinajstić information content (AvgIpc) is 2.45. The molecule has 1 heterocycles. The van der Waals surface area contributed by atoms with E-state index in [1.807, 2.05) is 0 Å². The van der Waals surface area contributed by atoms with Crippen molar-refractivity contribution in [1.82, 2.24) is 4.90 Å². The second kappa shape index (κ2) is 7.82. The van der Waals surface area contributed by atoms with Crippen LogP contribution < -0.4 is 5.73 Å². The summed E-state index contributed by atoms with van der Waals surface area (Å²) in [6, 6.07) is 11.6. The van der Waals surface area contributed by atoms with Crippen LogP contribution in [0.2, 0.25) is 0 Å². The fourth-order valence-corrected chi connectivity index (χ4v) is 3.70. The second-order valence-corrected chi connectivity index (χ2v) is 6.12. The Morgan fingerprint density at radius 2 is 2.11 bits per heavy atom. The quantitative estimate of drug-likeness (QED) is 0.856. The van der Waals surface area contributed by atoms with Gasteiger partial charge >= 0.3 is 0 Å². The number of thioether (sulfide) groups is 1. The summed E-state index contributed by atoms with van der Waals surface area (Å²) in [4.78, 5) is 2.63. The lowest BCUT2D eigenvalue weighted by atomic mass is 10.1. The second-order valence-electron chi connectivity index (χ2n) is 4.97. The molecule has 0 aliphatic carbocycles.